The summed E-state index contributed by atoms with van der Waals surface area (Å²) in [6, 6.07) is 5.63. The molecular formula is C17H18N6O3S2. The van der Waals surface area contributed by atoms with E-state index < -0.39 is 0 Å². The molecule has 9 nitrogen and oxygen atoms in total. The smallest absolute Gasteiger partial charge is 0.236 e. The van der Waals surface area contributed by atoms with Crippen LogP contribution in [0.4, 0.5) is 5.13 Å². The molecular weight excluding hydrogens is 400 g/mol. The molecule has 28 heavy (non-hydrogen) atoms. The lowest BCUT2D eigenvalue weighted by molar-refractivity contribution is -0.113. The second-order valence-corrected chi connectivity index (χ2v) is 8.03. The maximum Gasteiger partial charge on any atom is 0.236 e. The Labute approximate surface area is 169 Å². The SMILES string of the molecule is CCCc1nnc(NC(=O)CSc2nnc(-c3ccc4c(c3)OCO4)n2C)s1. The average molecular weight is 419 g/mol. The zero-order valence-electron chi connectivity index (χ0n) is 15.3. The van der Waals surface area contributed by atoms with Gasteiger partial charge in [0.1, 0.15) is 5.01 Å². The maximum atomic E-state index is 12.2. The van der Waals surface area contributed by atoms with Gasteiger partial charge in [-0.25, -0.2) is 0 Å². The molecule has 2 aromatic heterocycles. The van der Waals surface area contributed by atoms with Gasteiger partial charge in [-0.3, -0.25) is 10.1 Å². The van der Waals surface area contributed by atoms with Crippen LogP contribution in [0.2, 0.25) is 0 Å². The van der Waals surface area contributed by atoms with Crippen molar-refractivity contribution in [1.29, 1.82) is 0 Å². The van der Waals surface area contributed by atoms with Crippen LogP contribution in [0.5, 0.6) is 11.5 Å². The minimum atomic E-state index is -0.156. The van der Waals surface area contributed by atoms with Gasteiger partial charge in [0.15, 0.2) is 22.5 Å². The fourth-order valence-electron chi connectivity index (χ4n) is 2.63. The number of amides is 1. The van der Waals surface area contributed by atoms with Gasteiger partial charge in [0.05, 0.1) is 5.75 Å². The van der Waals surface area contributed by atoms with Crippen LogP contribution < -0.4 is 14.8 Å². The van der Waals surface area contributed by atoms with E-state index in [1.165, 1.54) is 23.1 Å². The van der Waals surface area contributed by atoms with Gasteiger partial charge in [-0.1, -0.05) is 30.0 Å². The van der Waals surface area contributed by atoms with Gasteiger partial charge in [-0.05, 0) is 24.6 Å². The molecule has 0 bridgehead atoms. The molecule has 1 amide bonds. The van der Waals surface area contributed by atoms with Crippen LogP contribution >= 0.6 is 23.1 Å². The highest BCUT2D eigenvalue weighted by Crippen LogP contribution is 2.35. The third-order valence-electron chi connectivity index (χ3n) is 3.98. The first-order valence-electron chi connectivity index (χ1n) is 8.68. The summed E-state index contributed by atoms with van der Waals surface area (Å²) in [5, 5.41) is 21.3. The summed E-state index contributed by atoms with van der Waals surface area (Å²) in [7, 11) is 1.86. The lowest BCUT2D eigenvalue weighted by atomic mass is 10.2. The molecule has 0 atom stereocenters. The van der Waals surface area contributed by atoms with Crippen LogP contribution in [0.15, 0.2) is 23.4 Å². The Balaban J connectivity index is 1.38. The highest BCUT2D eigenvalue weighted by atomic mass is 32.2. The van der Waals surface area contributed by atoms with E-state index in [0.29, 0.717) is 21.9 Å². The Kier molecular flexibility index (Phi) is 5.44. The summed E-state index contributed by atoms with van der Waals surface area (Å²) in [5.41, 5.74) is 0.868. The molecule has 0 saturated carbocycles. The van der Waals surface area contributed by atoms with Crippen molar-refractivity contribution in [3.05, 3.63) is 23.2 Å². The molecule has 1 aliphatic rings. The fraction of sp³-hybridized carbons (Fsp3) is 0.353. The summed E-state index contributed by atoms with van der Waals surface area (Å²) in [6.45, 7) is 2.30. The van der Waals surface area contributed by atoms with Gasteiger partial charge in [-0.15, -0.1) is 20.4 Å². The zero-order chi connectivity index (χ0) is 19.5. The summed E-state index contributed by atoms with van der Waals surface area (Å²) in [4.78, 5) is 12.2. The molecule has 3 aromatic rings. The number of fused-ring (bicyclic) bond motifs is 1. The summed E-state index contributed by atoms with van der Waals surface area (Å²) in [6.07, 6.45) is 1.86. The minimum Gasteiger partial charge on any atom is -0.454 e. The van der Waals surface area contributed by atoms with Crippen molar-refractivity contribution >= 4 is 34.1 Å². The third-order valence-corrected chi connectivity index (χ3v) is 5.89. The molecule has 1 aliphatic heterocycles. The van der Waals surface area contributed by atoms with E-state index in [2.05, 4.69) is 32.6 Å². The van der Waals surface area contributed by atoms with Gasteiger partial charge in [0.2, 0.25) is 17.8 Å². The van der Waals surface area contributed by atoms with Crippen LogP contribution in [0, 0.1) is 0 Å². The van der Waals surface area contributed by atoms with E-state index in [1.54, 1.807) is 0 Å². The molecule has 1 N–H and O–H groups in total. The second kappa shape index (κ2) is 8.15. The first-order chi connectivity index (χ1) is 13.6. The molecule has 0 aliphatic carbocycles. The van der Waals surface area contributed by atoms with Crippen molar-refractivity contribution in [1.82, 2.24) is 25.0 Å². The van der Waals surface area contributed by atoms with Crippen molar-refractivity contribution in [3.8, 4) is 22.9 Å². The number of benzene rings is 1. The molecule has 4 rings (SSSR count). The molecule has 146 valence electrons. The number of anilines is 1. The number of rotatable bonds is 7. The number of carbonyl (C=O) groups excluding carboxylic acids is 1. The largest absolute Gasteiger partial charge is 0.454 e. The Morgan fingerprint density at radius 2 is 2.11 bits per heavy atom. The van der Waals surface area contributed by atoms with Crippen molar-refractivity contribution < 1.29 is 14.3 Å². The number of carbonyl (C=O) groups is 1. The first kappa shape index (κ1) is 18.7. The van der Waals surface area contributed by atoms with Gasteiger partial charge >= 0.3 is 0 Å². The third kappa shape index (κ3) is 3.94. The van der Waals surface area contributed by atoms with Gasteiger partial charge in [0.25, 0.3) is 0 Å². The molecule has 0 radical (unpaired) electrons. The van der Waals surface area contributed by atoms with Crippen LogP contribution in [0.25, 0.3) is 11.4 Å². The molecule has 0 saturated heterocycles. The minimum absolute atomic E-state index is 0.156. The second-order valence-electron chi connectivity index (χ2n) is 6.02. The number of hydrogen-bond acceptors (Lipinski definition) is 9. The molecule has 1 aromatic carbocycles. The molecule has 0 unspecified atom stereocenters. The van der Waals surface area contributed by atoms with E-state index in [1.807, 2.05) is 29.8 Å². The van der Waals surface area contributed by atoms with E-state index >= 15 is 0 Å². The Morgan fingerprint density at radius 1 is 1.25 bits per heavy atom. The zero-order valence-corrected chi connectivity index (χ0v) is 17.0. The topological polar surface area (TPSA) is 104 Å². The lowest BCUT2D eigenvalue weighted by Crippen LogP contribution is -2.14. The van der Waals surface area contributed by atoms with E-state index in [-0.39, 0.29) is 18.5 Å². The molecule has 11 heteroatoms. The van der Waals surface area contributed by atoms with Gasteiger partial charge in [-0.2, -0.15) is 0 Å². The van der Waals surface area contributed by atoms with Crippen molar-refractivity contribution in [2.75, 3.05) is 17.9 Å². The van der Waals surface area contributed by atoms with Crippen molar-refractivity contribution in [2.24, 2.45) is 7.05 Å². The number of hydrogen-bond donors (Lipinski definition) is 1. The summed E-state index contributed by atoms with van der Waals surface area (Å²) < 4.78 is 12.6. The lowest BCUT2D eigenvalue weighted by Gasteiger charge is -2.05. The Bertz CT molecular complexity index is 1000. The number of nitrogens with one attached hydrogen (secondary N) is 1. The van der Waals surface area contributed by atoms with Crippen LogP contribution in [0.1, 0.15) is 18.4 Å². The highest BCUT2D eigenvalue weighted by Gasteiger charge is 2.18. The van der Waals surface area contributed by atoms with Crippen LogP contribution in [-0.4, -0.2) is 43.4 Å². The predicted octanol–water partition coefficient (Wildman–Crippen LogP) is 2.75. The van der Waals surface area contributed by atoms with Crippen LogP contribution in [0.3, 0.4) is 0 Å². The van der Waals surface area contributed by atoms with E-state index in [4.69, 9.17) is 9.47 Å². The normalized spacial score (nSPS) is 12.4. The van der Waals surface area contributed by atoms with E-state index in [0.717, 1.165) is 29.2 Å². The van der Waals surface area contributed by atoms with E-state index in [9.17, 15) is 4.79 Å². The average Bonchev–Trinajstić information content (AvgIpc) is 3.40. The highest BCUT2D eigenvalue weighted by molar-refractivity contribution is 7.99. The Morgan fingerprint density at radius 3 is 2.96 bits per heavy atom. The number of aromatic nitrogens is 5. The van der Waals surface area contributed by atoms with Crippen molar-refractivity contribution in [3.63, 3.8) is 0 Å². The van der Waals surface area contributed by atoms with Crippen LogP contribution in [-0.2, 0) is 18.3 Å². The molecule has 0 fully saturated rings. The summed E-state index contributed by atoms with van der Waals surface area (Å²) in [5.74, 6) is 2.14. The van der Waals surface area contributed by atoms with Gasteiger partial charge < -0.3 is 14.0 Å². The number of aryl methyl sites for hydroxylation is 1. The first-order valence-corrected chi connectivity index (χ1v) is 10.5. The van der Waals surface area contributed by atoms with Crippen molar-refractivity contribution in [2.45, 2.75) is 24.9 Å². The Hall–Kier alpha value is -2.66. The molecule has 3 heterocycles. The predicted molar refractivity (Wildman–Crippen MR) is 106 cm³/mol. The van der Waals surface area contributed by atoms with Gasteiger partial charge in [0, 0.05) is 19.0 Å². The standard InChI is InChI=1S/C17H18N6O3S2/c1-3-4-14-19-21-16(28-14)18-13(24)8-27-17-22-20-15(23(17)2)10-5-6-11-12(7-10)26-9-25-11/h5-7H,3-4,8-9H2,1-2H3,(H,18,21,24). The number of nitrogens with zero attached hydrogens (tertiary/aromatic N) is 5. The number of ether oxygens (including phenoxy) is 2. The number of thioether (sulfide) groups is 1. The maximum absolute atomic E-state index is 12.2. The monoisotopic (exact) mass is 418 g/mol. The molecule has 0 spiro atoms. The quantitative estimate of drug-likeness (QED) is 0.584. The fourth-order valence-corrected chi connectivity index (χ4v) is 4.20. The summed E-state index contributed by atoms with van der Waals surface area (Å²) >= 11 is 2.71.